The number of carbonyl (C=O) groups excluding carboxylic acids is 1. The maximum atomic E-state index is 12.0. The highest BCUT2D eigenvalue weighted by Crippen LogP contribution is 2.36. The van der Waals surface area contributed by atoms with Gasteiger partial charge in [-0.2, -0.15) is 5.26 Å². The van der Waals surface area contributed by atoms with Crippen molar-refractivity contribution in [2.45, 2.75) is 12.0 Å². The number of likely N-dealkylation sites (tertiary alicyclic amines) is 1. The highest BCUT2D eigenvalue weighted by Gasteiger charge is 2.50. The van der Waals surface area contributed by atoms with Crippen molar-refractivity contribution in [3.05, 3.63) is 18.3 Å². The molecule has 2 aliphatic heterocycles. The minimum absolute atomic E-state index is 0.198. The van der Waals surface area contributed by atoms with Crippen molar-refractivity contribution in [1.82, 2.24) is 9.88 Å². The van der Waals surface area contributed by atoms with Gasteiger partial charge in [0.05, 0.1) is 6.54 Å². The van der Waals surface area contributed by atoms with E-state index in [1.165, 1.54) is 4.90 Å². The lowest BCUT2D eigenvalue weighted by atomic mass is 10.0. The zero-order chi connectivity index (χ0) is 11.9. The van der Waals surface area contributed by atoms with Crippen LogP contribution in [0.3, 0.4) is 0 Å². The number of amides is 1. The van der Waals surface area contributed by atoms with Crippen molar-refractivity contribution < 1.29 is 9.53 Å². The van der Waals surface area contributed by atoms with Crippen molar-refractivity contribution in [2.75, 3.05) is 18.4 Å². The van der Waals surface area contributed by atoms with Crippen LogP contribution in [0.5, 0.6) is 5.88 Å². The maximum Gasteiger partial charge on any atom is 0.270 e. The molecule has 0 saturated carbocycles. The first-order valence-electron chi connectivity index (χ1n) is 5.34. The first kappa shape index (κ1) is 9.90. The Hall–Kier alpha value is -2.29. The molecule has 6 nitrogen and oxygen atoms in total. The molecule has 1 fully saturated rings. The summed E-state index contributed by atoms with van der Waals surface area (Å²) in [7, 11) is 0. The number of nitrogens with zero attached hydrogens (tertiary/aromatic N) is 3. The first-order chi connectivity index (χ1) is 8.23. The van der Waals surface area contributed by atoms with Crippen LogP contribution >= 0.6 is 0 Å². The molecule has 0 aliphatic carbocycles. The van der Waals surface area contributed by atoms with E-state index in [9.17, 15) is 4.79 Å². The Morgan fingerprint density at radius 1 is 1.65 bits per heavy atom. The van der Waals surface area contributed by atoms with Crippen molar-refractivity contribution in [1.29, 1.82) is 5.26 Å². The minimum Gasteiger partial charge on any atom is -0.457 e. The van der Waals surface area contributed by atoms with Crippen LogP contribution in [0.4, 0.5) is 5.69 Å². The minimum atomic E-state index is -0.961. The van der Waals surface area contributed by atoms with E-state index in [4.69, 9.17) is 10.00 Å². The second-order valence-corrected chi connectivity index (χ2v) is 4.18. The van der Waals surface area contributed by atoms with Crippen LogP contribution in [0.15, 0.2) is 18.3 Å². The lowest BCUT2D eigenvalue weighted by molar-refractivity contribution is -0.131. The summed E-state index contributed by atoms with van der Waals surface area (Å²) in [5.41, 5.74) is -0.379. The van der Waals surface area contributed by atoms with E-state index in [0.29, 0.717) is 24.5 Å². The molecule has 1 aromatic rings. The number of anilines is 1. The molecule has 1 unspecified atom stereocenters. The monoisotopic (exact) mass is 230 g/mol. The van der Waals surface area contributed by atoms with Crippen LogP contribution < -0.4 is 10.1 Å². The molecular formula is C11H10N4O2. The van der Waals surface area contributed by atoms with Crippen LogP contribution in [0.25, 0.3) is 0 Å². The van der Waals surface area contributed by atoms with Gasteiger partial charge >= 0.3 is 0 Å². The molecule has 2 aliphatic rings. The lowest BCUT2D eigenvalue weighted by Crippen LogP contribution is -2.52. The van der Waals surface area contributed by atoms with Gasteiger partial charge in [0.25, 0.3) is 5.91 Å². The van der Waals surface area contributed by atoms with E-state index in [1.54, 1.807) is 18.3 Å². The molecule has 1 saturated heterocycles. The third-order valence-corrected chi connectivity index (χ3v) is 3.10. The Morgan fingerprint density at radius 2 is 2.53 bits per heavy atom. The average molecular weight is 230 g/mol. The number of hydrogen-bond acceptors (Lipinski definition) is 5. The number of nitrogens with one attached hydrogen (secondary N) is 1. The van der Waals surface area contributed by atoms with Crippen LogP contribution in [0, 0.1) is 11.5 Å². The van der Waals surface area contributed by atoms with Crippen molar-refractivity contribution in [3.63, 3.8) is 0 Å². The Bertz CT molecular complexity index is 524. The predicted octanol–water partition coefficient (Wildman–Crippen LogP) is 0.338. The van der Waals surface area contributed by atoms with Gasteiger partial charge in [-0.05, 0) is 12.1 Å². The predicted molar refractivity (Wildman–Crippen MR) is 58.0 cm³/mol. The highest BCUT2D eigenvalue weighted by molar-refractivity contribution is 6.00. The normalized spacial score (nSPS) is 26.1. The van der Waals surface area contributed by atoms with Gasteiger partial charge in [-0.15, -0.1) is 0 Å². The average Bonchev–Trinajstić information content (AvgIpc) is 2.75. The second-order valence-electron chi connectivity index (χ2n) is 4.18. The quantitative estimate of drug-likeness (QED) is 0.650. The zero-order valence-electron chi connectivity index (χ0n) is 9.01. The van der Waals surface area contributed by atoms with E-state index < -0.39 is 5.60 Å². The number of carbonyl (C=O) groups is 1. The molecule has 86 valence electrons. The van der Waals surface area contributed by atoms with Gasteiger partial charge in [0.15, 0.2) is 6.19 Å². The smallest absolute Gasteiger partial charge is 0.270 e. The summed E-state index contributed by atoms with van der Waals surface area (Å²) in [5, 5.41) is 11.6. The third kappa shape index (κ3) is 1.40. The van der Waals surface area contributed by atoms with E-state index in [-0.39, 0.29) is 12.5 Å². The Labute approximate surface area is 97.8 Å². The number of hydrogen-bond donors (Lipinski definition) is 1. The van der Waals surface area contributed by atoms with Gasteiger partial charge < -0.3 is 15.0 Å². The van der Waals surface area contributed by atoms with Gasteiger partial charge in [0, 0.05) is 19.2 Å². The van der Waals surface area contributed by atoms with E-state index in [1.807, 2.05) is 6.19 Å². The highest BCUT2D eigenvalue weighted by atomic mass is 16.5. The summed E-state index contributed by atoms with van der Waals surface area (Å²) >= 11 is 0. The summed E-state index contributed by atoms with van der Waals surface area (Å²) < 4.78 is 5.71. The van der Waals surface area contributed by atoms with E-state index in [0.717, 1.165) is 0 Å². The van der Waals surface area contributed by atoms with Crippen LogP contribution in [0.1, 0.15) is 6.42 Å². The van der Waals surface area contributed by atoms with Crippen molar-refractivity contribution in [3.8, 4) is 12.1 Å². The van der Waals surface area contributed by atoms with Crippen LogP contribution in [0.2, 0.25) is 0 Å². The number of fused-ring (bicyclic) bond motifs is 1. The summed E-state index contributed by atoms with van der Waals surface area (Å²) in [6.45, 7) is 0.817. The van der Waals surface area contributed by atoms with Crippen molar-refractivity contribution in [2.24, 2.45) is 0 Å². The van der Waals surface area contributed by atoms with Crippen LogP contribution in [-0.2, 0) is 4.79 Å². The molecule has 0 bridgehead atoms. The Kier molecular flexibility index (Phi) is 1.95. The molecule has 1 N–H and O–H groups in total. The van der Waals surface area contributed by atoms with Gasteiger partial charge in [-0.25, -0.2) is 4.98 Å². The van der Waals surface area contributed by atoms with Gasteiger partial charge in [-0.3, -0.25) is 4.79 Å². The molecule has 1 spiro atoms. The summed E-state index contributed by atoms with van der Waals surface area (Å²) in [4.78, 5) is 17.6. The fourth-order valence-electron chi connectivity index (χ4n) is 2.17. The SMILES string of the molecule is N#CN1CCC2(C1)Oc1ncccc1NC2=O. The summed E-state index contributed by atoms with van der Waals surface area (Å²) in [6.07, 6.45) is 4.15. The molecule has 0 radical (unpaired) electrons. The molecular weight excluding hydrogens is 220 g/mol. The standard InChI is InChI=1S/C11H10N4O2/c12-7-15-5-3-11(6-15)10(16)14-8-2-1-4-13-9(8)17-11/h1-2,4H,3,5-6H2,(H,14,16). The molecule has 17 heavy (non-hydrogen) atoms. The Balaban J connectivity index is 1.95. The summed E-state index contributed by atoms with van der Waals surface area (Å²) in [6, 6.07) is 3.47. The molecule has 6 heteroatoms. The molecule has 1 aromatic heterocycles. The fraction of sp³-hybridized carbons (Fsp3) is 0.364. The summed E-state index contributed by atoms with van der Waals surface area (Å²) in [5.74, 6) is 0.225. The molecule has 1 amide bonds. The molecule has 3 heterocycles. The van der Waals surface area contributed by atoms with E-state index >= 15 is 0 Å². The van der Waals surface area contributed by atoms with Crippen LogP contribution in [-0.4, -0.2) is 34.5 Å². The second kappa shape index (κ2) is 3.35. The van der Waals surface area contributed by atoms with Crippen molar-refractivity contribution >= 4 is 11.6 Å². The maximum absolute atomic E-state index is 12.0. The van der Waals surface area contributed by atoms with Gasteiger partial charge in [0.1, 0.15) is 5.69 Å². The number of rotatable bonds is 0. The molecule has 0 aromatic carbocycles. The van der Waals surface area contributed by atoms with Gasteiger partial charge in [0.2, 0.25) is 11.5 Å². The number of pyridine rings is 1. The lowest BCUT2D eigenvalue weighted by Gasteiger charge is -2.32. The first-order valence-corrected chi connectivity index (χ1v) is 5.34. The largest absolute Gasteiger partial charge is 0.457 e. The third-order valence-electron chi connectivity index (χ3n) is 3.10. The fourth-order valence-corrected chi connectivity index (χ4v) is 2.17. The number of nitriles is 1. The molecule has 1 atom stereocenters. The number of aromatic nitrogens is 1. The van der Waals surface area contributed by atoms with Gasteiger partial charge in [-0.1, -0.05) is 0 Å². The topological polar surface area (TPSA) is 78.2 Å². The van der Waals surface area contributed by atoms with E-state index in [2.05, 4.69) is 10.3 Å². The number of ether oxygens (including phenoxy) is 1. The molecule has 3 rings (SSSR count). The zero-order valence-corrected chi connectivity index (χ0v) is 9.01. The Morgan fingerprint density at radius 3 is 3.29 bits per heavy atom.